The molecule has 5 rings (SSSR count). The number of carbonyl (C=O) groups is 1. The van der Waals surface area contributed by atoms with Crippen molar-refractivity contribution in [3.8, 4) is 11.5 Å². The third kappa shape index (κ3) is 5.43. The van der Waals surface area contributed by atoms with Crippen molar-refractivity contribution in [2.45, 2.75) is 46.8 Å². The van der Waals surface area contributed by atoms with Gasteiger partial charge in [0.2, 0.25) is 0 Å². The lowest BCUT2D eigenvalue weighted by Gasteiger charge is -2.30. The van der Waals surface area contributed by atoms with Crippen LogP contribution in [0.2, 0.25) is 0 Å². The van der Waals surface area contributed by atoms with Crippen molar-refractivity contribution in [1.82, 2.24) is 9.47 Å². The molecule has 0 spiro atoms. The number of methoxy groups -OCH3 is 1. The Morgan fingerprint density at radius 2 is 1.83 bits per heavy atom. The number of hydrogen-bond donors (Lipinski definition) is 0. The minimum atomic E-state index is -0.730. The van der Waals surface area contributed by atoms with Crippen molar-refractivity contribution < 1.29 is 14.3 Å². The number of aromatic nitrogens is 1. The zero-order valence-corrected chi connectivity index (χ0v) is 27.0. The Balaban J connectivity index is 1.84. The van der Waals surface area contributed by atoms with Crippen molar-refractivity contribution in [1.29, 1.82) is 0 Å². The number of likely N-dealkylation sites (N-methyl/N-ethyl adjacent to an activating group) is 1. The molecule has 0 unspecified atom stereocenters. The molecule has 1 aliphatic heterocycles. The van der Waals surface area contributed by atoms with Gasteiger partial charge in [-0.3, -0.25) is 14.2 Å². The molecule has 1 atom stereocenters. The standard InChI is InChI=1S/C33H34BrN3O4S/c1-7-36(8-2)32(39)28-20(5)35-33-37(30(28)29-24-12-10-9-11-21(24)13-15-26(29)40-6)31(38)27(42-33)18-22-17-23(34)14-16-25(22)41-19(3)4/h9-19,30H,7-8H2,1-6H3/b27-18-/t30-/m1/s1. The molecule has 0 saturated heterocycles. The van der Waals surface area contributed by atoms with Crippen LogP contribution in [0.25, 0.3) is 16.8 Å². The zero-order valence-electron chi connectivity index (χ0n) is 24.6. The van der Waals surface area contributed by atoms with Gasteiger partial charge in [0.1, 0.15) is 17.5 Å². The zero-order chi connectivity index (χ0) is 30.1. The predicted molar refractivity (Wildman–Crippen MR) is 172 cm³/mol. The highest BCUT2D eigenvalue weighted by Crippen LogP contribution is 2.40. The predicted octanol–water partition coefficient (Wildman–Crippen LogP) is 5.82. The van der Waals surface area contributed by atoms with Gasteiger partial charge < -0.3 is 14.4 Å². The number of nitrogens with zero attached hydrogens (tertiary/aromatic N) is 3. The van der Waals surface area contributed by atoms with Gasteiger partial charge in [0.25, 0.3) is 11.5 Å². The Labute approximate surface area is 257 Å². The third-order valence-corrected chi connectivity index (χ3v) is 8.82. The Kier molecular flexibility index (Phi) is 8.70. The highest BCUT2D eigenvalue weighted by molar-refractivity contribution is 9.10. The van der Waals surface area contributed by atoms with E-state index in [-0.39, 0.29) is 17.6 Å². The number of rotatable bonds is 8. The summed E-state index contributed by atoms with van der Waals surface area (Å²) in [5.74, 6) is 1.14. The van der Waals surface area contributed by atoms with Crippen LogP contribution >= 0.6 is 27.3 Å². The van der Waals surface area contributed by atoms with Gasteiger partial charge in [-0.25, -0.2) is 4.99 Å². The van der Waals surface area contributed by atoms with E-state index in [9.17, 15) is 9.59 Å². The molecule has 0 radical (unpaired) electrons. The molecule has 0 saturated carbocycles. The fourth-order valence-electron chi connectivity index (χ4n) is 5.42. The van der Waals surface area contributed by atoms with E-state index >= 15 is 0 Å². The van der Waals surface area contributed by atoms with Gasteiger partial charge in [-0.05, 0) is 75.7 Å². The molecular weight excluding hydrogens is 614 g/mol. The lowest BCUT2D eigenvalue weighted by Crippen LogP contribution is -2.43. The largest absolute Gasteiger partial charge is 0.496 e. The van der Waals surface area contributed by atoms with E-state index in [1.165, 1.54) is 11.3 Å². The summed E-state index contributed by atoms with van der Waals surface area (Å²) in [4.78, 5) is 35.6. The quantitative estimate of drug-likeness (QED) is 0.242. The normalized spacial score (nSPS) is 15.1. The summed E-state index contributed by atoms with van der Waals surface area (Å²) in [7, 11) is 1.61. The molecule has 0 bridgehead atoms. The molecule has 9 heteroatoms. The topological polar surface area (TPSA) is 73.1 Å². The van der Waals surface area contributed by atoms with Gasteiger partial charge in [0.15, 0.2) is 4.80 Å². The first-order valence-corrected chi connectivity index (χ1v) is 15.6. The summed E-state index contributed by atoms with van der Waals surface area (Å²) < 4.78 is 15.0. The maximum Gasteiger partial charge on any atom is 0.271 e. The Hall–Kier alpha value is -3.69. The lowest BCUT2D eigenvalue weighted by molar-refractivity contribution is -0.127. The average Bonchev–Trinajstić information content (AvgIpc) is 3.27. The molecule has 218 valence electrons. The molecule has 3 aromatic carbocycles. The van der Waals surface area contributed by atoms with Crippen LogP contribution in [0.3, 0.4) is 0 Å². The summed E-state index contributed by atoms with van der Waals surface area (Å²) in [6, 6.07) is 16.9. The number of carbonyl (C=O) groups excluding carboxylic acids is 1. The molecule has 1 aromatic heterocycles. The molecule has 7 nitrogen and oxygen atoms in total. The van der Waals surface area contributed by atoms with Crippen molar-refractivity contribution >= 4 is 50.0 Å². The number of benzene rings is 3. The van der Waals surface area contributed by atoms with Crippen LogP contribution < -0.4 is 24.4 Å². The van der Waals surface area contributed by atoms with E-state index in [2.05, 4.69) is 15.9 Å². The number of fused-ring (bicyclic) bond motifs is 2. The van der Waals surface area contributed by atoms with Crippen LogP contribution in [-0.4, -0.2) is 41.7 Å². The number of allylic oxidation sites excluding steroid dienone is 1. The summed E-state index contributed by atoms with van der Waals surface area (Å²) >= 11 is 4.85. The molecule has 2 heterocycles. The second kappa shape index (κ2) is 12.3. The number of amides is 1. The number of hydrogen-bond acceptors (Lipinski definition) is 6. The molecule has 42 heavy (non-hydrogen) atoms. The fourth-order valence-corrected chi connectivity index (χ4v) is 6.84. The second-order valence-electron chi connectivity index (χ2n) is 10.3. The van der Waals surface area contributed by atoms with E-state index in [0.29, 0.717) is 45.2 Å². The fraction of sp³-hybridized carbons (Fsp3) is 0.303. The number of halogens is 1. The molecule has 0 N–H and O–H groups in total. The van der Waals surface area contributed by atoms with Crippen LogP contribution in [0.4, 0.5) is 0 Å². The Morgan fingerprint density at radius 3 is 2.52 bits per heavy atom. The Morgan fingerprint density at radius 1 is 1.12 bits per heavy atom. The monoisotopic (exact) mass is 647 g/mol. The van der Waals surface area contributed by atoms with Gasteiger partial charge in [0, 0.05) is 28.7 Å². The smallest absolute Gasteiger partial charge is 0.271 e. The SMILES string of the molecule is CCN(CC)C(=O)C1=C(C)N=c2s/c(=C\c3cc(Br)ccc3OC(C)C)c(=O)n2[C@H]1c1c(OC)ccc2ccccc12. The van der Waals surface area contributed by atoms with Gasteiger partial charge >= 0.3 is 0 Å². The van der Waals surface area contributed by atoms with E-state index in [1.807, 2.05) is 95.3 Å². The highest BCUT2D eigenvalue weighted by Gasteiger charge is 2.36. The van der Waals surface area contributed by atoms with Crippen molar-refractivity contribution in [3.05, 3.63) is 101 Å². The minimum absolute atomic E-state index is 0.0327. The number of thiazole rings is 1. The van der Waals surface area contributed by atoms with Gasteiger partial charge in [0.05, 0.1) is 29.0 Å². The maximum absolute atomic E-state index is 14.4. The molecule has 1 amide bonds. The molecule has 1 aliphatic rings. The average molecular weight is 649 g/mol. The molecular formula is C33H34BrN3O4S. The molecule has 0 fully saturated rings. The second-order valence-corrected chi connectivity index (χ2v) is 12.2. The summed E-state index contributed by atoms with van der Waals surface area (Å²) in [6.07, 6.45) is 1.81. The minimum Gasteiger partial charge on any atom is -0.496 e. The first-order chi connectivity index (χ1) is 20.2. The van der Waals surface area contributed by atoms with Crippen molar-refractivity contribution in [3.63, 3.8) is 0 Å². The molecule has 0 aliphatic carbocycles. The Bertz CT molecular complexity index is 1890. The molecule has 4 aromatic rings. The summed E-state index contributed by atoms with van der Waals surface area (Å²) in [5.41, 5.74) is 2.37. The highest BCUT2D eigenvalue weighted by atomic mass is 79.9. The lowest BCUT2D eigenvalue weighted by atomic mass is 9.90. The first kappa shape index (κ1) is 29.8. The number of ether oxygens (including phenoxy) is 2. The van der Waals surface area contributed by atoms with E-state index in [4.69, 9.17) is 14.5 Å². The third-order valence-electron chi connectivity index (χ3n) is 7.35. The first-order valence-electron chi connectivity index (χ1n) is 14.0. The summed E-state index contributed by atoms with van der Waals surface area (Å²) in [5, 5.41) is 1.90. The van der Waals surface area contributed by atoms with Crippen molar-refractivity contribution in [2.24, 2.45) is 4.99 Å². The maximum atomic E-state index is 14.4. The van der Waals surface area contributed by atoms with Gasteiger partial charge in [-0.1, -0.05) is 57.6 Å². The van der Waals surface area contributed by atoms with Crippen LogP contribution in [0, 0.1) is 0 Å². The van der Waals surface area contributed by atoms with Crippen LogP contribution in [-0.2, 0) is 4.79 Å². The summed E-state index contributed by atoms with van der Waals surface area (Å²) in [6.45, 7) is 10.8. The van der Waals surface area contributed by atoms with Gasteiger partial charge in [-0.15, -0.1) is 0 Å². The van der Waals surface area contributed by atoms with Gasteiger partial charge in [-0.2, -0.15) is 0 Å². The van der Waals surface area contributed by atoms with Crippen LogP contribution in [0.1, 0.15) is 51.8 Å². The van der Waals surface area contributed by atoms with E-state index < -0.39 is 6.04 Å². The van der Waals surface area contributed by atoms with Crippen LogP contribution in [0.5, 0.6) is 11.5 Å². The van der Waals surface area contributed by atoms with Crippen LogP contribution in [0.15, 0.2) is 80.1 Å². The van der Waals surface area contributed by atoms with E-state index in [1.54, 1.807) is 16.6 Å². The van der Waals surface area contributed by atoms with E-state index in [0.717, 1.165) is 26.4 Å². The van der Waals surface area contributed by atoms with Crippen molar-refractivity contribution in [2.75, 3.05) is 20.2 Å².